The van der Waals surface area contributed by atoms with Gasteiger partial charge in [0.05, 0.1) is 10.5 Å². The number of nitro groups is 1. The molecule has 0 spiro atoms. The van der Waals surface area contributed by atoms with Crippen LogP contribution >= 0.6 is 0 Å². The van der Waals surface area contributed by atoms with Gasteiger partial charge in [-0.1, -0.05) is 6.07 Å². The number of aromatic hydroxyl groups is 1. The van der Waals surface area contributed by atoms with Crippen molar-refractivity contribution >= 4 is 17.3 Å². The molecule has 24 heavy (non-hydrogen) atoms. The zero-order valence-electron chi connectivity index (χ0n) is 12.2. The number of hydrogen-bond donors (Lipinski definition) is 2. The predicted octanol–water partition coefficient (Wildman–Crippen LogP) is 3.88. The van der Waals surface area contributed by atoms with E-state index in [9.17, 15) is 33.2 Å². The summed E-state index contributed by atoms with van der Waals surface area (Å²) in [5, 5.41) is 22.3. The number of nitro benzene ring substituents is 1. The van der Waals surface area contributed by atoms with Gasteiger partial charge in [0.2, 0.25) is 0 Å². The molecule has 0 radical (unpaired) electrons. The molecule has 0 saturated heterocycles. The van der Waals surface area contributed by atoms with Crippen LogP contribution in [0.2, 0.25) is 0 Å². The van der Waals surface area contributed by atoms with Crippen LogP contribution in [0, 0.1) is 17.0 Å². The molecule has 2 aromatic rings. The summed E-state index contributed by atoms with van der Waals surface area (Å²) in [6.07, 6.45) is -4.57. The maximum absolute atomic E-state index is 12.9. The molecule has 0 aliphatic heterocycles. The van der Waals surface area contributed by atoms with Crippen LogP contribution in [-0.2, 0) is 6.18 Å². The molecule has 2 rings (SSSR count). The number of phenols is 1. The Labute approximate surface area is 133 Å². The molecule has 0 atom stereocenters. The Kier molecular flexibility index (Phi) is 4.45. The van der Waals surface area contributed by atoms with Crippen molar-refractivity contribution in [3.05, 3.63) is 63.2 Å². The van der Waals surface area contributed by atoms with Crippen molar-refractivity contribution in [2.75, 3.05) is 5.32 Å². The van der Waals surface area contributed by atoms with Crippen molar-refractivity contribution < 1.29 is 28.0 Å². The summed E-state index contributed by atoms with van der Waals surface area (Å²) in [5.41, 5.74) is -1.84. The highest BCUT2D eigenvalue weighted by Gasteiger charge is 2.32. The molecule has 6 nitrogen and oxygen atoms in total. The van der Waals surface area contributed by atoms with Crippen LogP contribution in [0.1, 0.15) is 21.5 Å². The number of amides is 1. The minimum atomic E-state index is -4.57. The van der Waals surface area contributed by atoms with Crippen LogP contribution < -0.4 is 5.32 Å². The van der Waals surface area contributed by atoms with Gasteiger partial charge in [0.15, 0.2) is 5.75 Å². The van der Waals surface area contributed by atoms with E-state index >= 15 is 0 Å². The minimum absolute atomic E-state index is 0.000713. The number of phenolic OH excluding ortho intramolecular Hbond substituents is 1. The first-order chi connectivity index (χ1) is 11.1. The number of benzene rings is 2. The van der Waals surface area contributed by atoms with Crippen LogP contribution in [0.5, 0.6) is 5.75 Å². The fraction of sp³-hybridized carbons (Fsp3) is 0.133. The molecular weight excluding hydrogens is 329 g/mol. The van der Waals surface area contributed by atoms with Gasteiger partial charge in [0, 0.05) is 17.3 Å². The van der Waals surface area contributed by atoms with Crippen molar-refractivity contribution in [3.63, 3.8) is 0 Å². The summed E-state index contributed by atoms with van der Waals surface area (Å²) in [4.78, 5) is 21.9. The number of halogens is 3. The predicted molar refractivity (Wildman–Crippen MR) is 78.9 cm³/mol. The van der Waals surface area contributed by atoms with Gasteiger partial charge in [-0.25, -0.2) is 0 Å². The molecule has 0 saturated carbocycles. The second-order valence-electron chi connectivity index (χ2n) is 4.94. The maximum Gasteiger partial charge on any atom is 0.416 e. The van der Waals surface area contributed by atoms with Crippen molar-refractivity contribution in [3.8, 4) is 5.75 Å². The van der Waals surface area contributed by atoms with Gasteiger partial charge < -0.3 is 10.4 Å². The zero-order chi connectivity index (χ0) is 18.1. The van der Waals surface area contributed by atoms with Crippen molar-refractivity contribution in [1.82, 2.24) is 0 Å². The van der Waals surface area contributed by atoms with E-state index in [0.717, 1.165) is 24.3 Å². The van der Waals surface area contributed by atoms with Crippen molar-refractivity contribution in [1.29, 1.82) is 0 Å². The summed E-state index contributed by atoms with van der Waals surface area (Å²) in [6, 6.07) is 6.19. The zero-order valence-corrected chi connectivity index (χ0v) is 12.2. The van der Waals surface area contributed by atoms with Crippen LogP contribution in [0.4, 0.5) is 24.5 Å². The topological polar surface area (TPSA) is 92.5 Å². The second-order valence-corrected chi connectivity index (χ2v) is 4.94. The highest BCUT2D eigenvalue weighted by atomic mass is 19.4. The number of nitrogens with zero attached hydrogens (tertiary/aromatic N) is 1. The summed E-state index contributed by atoms with van der Waals surface area (Å²) in [6.45, 7) is 1.29. The standard InChI is InChI=1S/C15H11F3N2O4/c1-8-2-4-10(7-11(8)15(16,17)18)19-14(22)9-3-5-13(21)12(6-9)20(23)24/h2-7,21H,1H3,(H,19,22). The maximum atomic E-state index is 12.9. The van der Waals surface area contributed by atoms with E-state index in [4.69, 9.17) is 0 Å². The molecule has 0 aliphatic rings. The van der Waals surface area contributed by atoms with Gasteiger partial charge in [-0.3, -0.25) is 14.9 Å². The fourth-order valence-corrected chi connectivity index (χ4v) is 2.02. The molecule has 0 unspecified atom stereocenters. The first kappa shape index (κ1) is 17.3. The summed E-state index contributed by atoms with van der Waals surface area (Å²) >= 11 is 0. The number of carbonyl (C=O) groups is 1. The normalized spacial score (nSPS) is 11.2. The lowest BCUT2D eigenvalue weighted by Crippen LogP contribution is -2.14. The molecule has 2 N–H and O–H groups in total. The van der Waals surface area contributed by atoms with Gasteiger partial charge in [-0.15, -0.1) is 0 Å². The first-order valence-corrected chi connectivity index (χ1v) is 6.56. The van der Waals surface area contributed by atoms with Crippen LogP contribution in [0.3, 0.4) is 0 Å². The van der Waals surface area contributed by atoms with Gasteiger partial charge >= 0.3 is 11.9 Å². The fourth-order valence-electron chi connectivity index (χ4n) is 2.02. The molecule has 126 valence electrons. The number of anilines is 1. The number of alkyl halides is 3. The lowest BCUT2D eigenvalue weighted by atomic mass is 10.1. The van der Waals surface area contributed by atoms with Gasteiger partial charge in [-0.05, 0) is 36.8 Å². The molecular formula is C15H11F3N2O4. The number of aryl methyl sites for hydroxylation is 1. The third kappa shape index (κ3) is 3.62. The summed E-state index contributed by atoms with van der Waals surface area (Å²) in [5.74, 6) is -1.46. The Morgan fingerprint density at radius 2 is 1.88 bits per heavy atom. The van der Waals surface area contributed by atoms with Crippen LogP contribution in [0.25, 0.3) is 0 Å². The number of nitrogens with one attached hydrogen (secondary N) is 1. The average molecular weight is 340 g/mol. The largest absolute Gasteiger partial charge is 0.502 e. The smallest absolute Gasteiger partial charge is 0.416 e. The Bertz CT molecular complexity index is 819. The third-order valence-corrected chi connectivity index (χ3v) is 3.24. The lowest BCUT2D eigenvalue weighted by Gasteiger charge is -2.13. The first-order valence-electron chi connectivity index (χ1n) is 6.56. The Morgan fingerprint density at radius 1 is 1.21 bits per heavy atom. The summed E-state index contributed by atoms with van der Waals surface area (Å²) in [7, 11) is 0. The molecule has 2 aromatic carbocycles. The highest BCUT2D eigenvalue weighted by Crippen LogP contribution is 2.33. The minimum Gasteiger partial charge on any atom is -0.502 e. The van der Waals surface area contributed by atoms with Gasteiger partial charge in [0.25, 0.3) is 5.91 Å². The molecule has 9 heteroatoms. The van der Waals surface area contributed by atoms with E-state index in [0.29, 0.717) is 0 Å². The van der Waals surface area contributed by atoms with E-state index in [-0.39, 0.29) is 16.8 Å². The van der Waals surface area contributed by atoms with Crippen LogP contribution in [0.15, 0.2) is 36.4 Å². The molecule has 0 heterocycles. The third-order valence-electron chi connectivity index (χ3n) is 3.24. The van der Waals surface area contributed by atoms with Gasteiger partial charge in [-0.2, -0.15) is 13.2 Å². The van der Waals surface area contributed by atoms with E-state index in [1.54, 1.807) is 0 Å². The molecule has 0 aromatic heterocycles. The highest BCUT2D eigenvalue weighted by molar-refractivity contribution is 6.04. The van der Waals surface area contributed by atoms with E-state index < -0.39 is 34.0 Å². The van der Waals surface area contributed by atoms with Gasteiger partial charge in [0.1, 0.15) is 0 Å². The average Bonchev–Trinajstić information content (AvgIpc) is 2.48. The molecule has 1 amide bonds. The monoisotopic (exact) mass is 340 g/mol. The number of carbonyl (C=O) groups excluding carboxylic acids is 1. The molecule has 0 bridgehead atoms. The van der Waals surface area contributed by atoms with Crippen molar-refractivity contribution in [2.24, 2.45) is 0 Å². The number of hydrogen-bond acceptors (Lipinski definition) is 4. The van der Waals surface area contributed by atoms with E-state index in [1.165, 1.54) is 19.1 Å². The lowest BCUT2D eigenvalue weighted by molar-refractivity contribution is -0.385. The van der Waals surface area contributed by atoms with Crippen LogP contribution in [-0.4, -0.2) is 15.9 Å². The Morgan fingerprint density at radius 3 is 2.46 bits per heavy atom. The second kappa shape index (κ2) is 6.19. The molecule has 0 fully saturated rings. The van der Waals surface area contributed by atoms with E-state index in [1.807, 2.05) is 0 Å². The Balaban J connectivity index is 2.31. The van der Waals surface area contributed by atoms with Crippen molar-refractivity contribution in [2.45, 2.75) is 13.1 Å². The summed E-state index contributed by atoms with van der Waals surface area (Å²) < 4.78 is 38.6. The Hall–Kier alpha value is -3.10. The quantitative estimate of drug-likeness (QED) is 0.655. The van der Waals surface area contributed by atoms with E-state index in [2.05, 4.69) is 5.32 Å². The SMILES string of the molecule is Cc1ccc(NC(=O)c2ccc(O)c([N+](=O)[O-])c2)cc1C(F)(F)F. The molecule has 0 aliphatic carbocycles. The number of rotatable bonds is 3.